The normalized spacial score (nSPS) is 16.3. The Morgan fingerprint density at radius 1 is 0.466 bits per heavy atom. The molecule has 2 aliphatic rings. The van der Waals surface area contributed by atoms with Crippen LogP contribution in [-0.4, -0.2) is 10.6 Å². The van der Waals surface area contributed by atoms with Crippen molar-refractivity contribution < 1.29 is 8.83 Å². The van der Waals surface area contributed by atoms with Crippen LogP contribution in [0, 0.1) is 0 Å². The number of hydrogen-bond donors (Lipinski definition) is 0. The molecule has 272 valence electrons. The van der Waals surface area contributed by atoms with E-state index < -0.39 is 0 Å². The Labute approximate surface area is 333 Å². The fraction of sp³-hybridized carbons (Fsp3) is 0.0370. The first-order valence-electron chi connectivity index (χ1n) is 20.0. The Hall–Kier alpha value is -7.56. The topological polar surface area (TPSA) is 34.5 Å². The quantitative estimate of drug-likeness (QED) is 0.180. The number of nitrogens with zero attached hydrogens (tertiary/aromatic N) is 2. The summed E-state index contributed by atoms with van der Waals surface area (Å²) >= 11 is 0. The van der Waals surface area contributed by atoms with Gasteiger partial charge in [0.1, 0.15) is 22.3 Å². The highest BCUT2D eigenvalue weighted by molar-refractivity contribution is 6.27. The summed E-state index contributed by atoms with van der Waals surface area (Å²) in [6.07, 6.45) is 7.17. The zero-order chi connectivity index (χ0) is 37.9. The molecule has 1 aliphatic carbocycles. The Kier molecular flexibility index (Phi) is 6.53. The average Bonchev–Trinajstić information content (AvgIpc) is 4.04. The summed E-state index contributed by atoms with van der Waals surface area (Å²) in [4.78, 5) is 2.48. The van der Waals surface area contributed by atoms with E-state index in [4.69, 9.17) is 8.83 Å². The van der Waals surface area contributed by atoms with E-state index in [1.54, 1.807) is 0 Å². The van der Waals surface area contributed by atoms with Crippen molar-refractivity contribution in [2.24, 2.45) is 0 Å². The Bertz CT molecular complexity index is 3530. The lowest BCUT2D eigenvalue weighted by atomic mass is 9.85. The molecule has 0 spiro atoms. The molecule has 11 aromatic rings. The molecule has 0 saturated heterocycles. The van der Waals surface area contributed by atoms with E-state index >= 15 is 0 Å². The number of rotatable bonds is 4. The molecule has 2 atom stereocenters. The van der Waals surface area contributed by atoms with Crippen molar-refractivity contribution in [3.63, 3.8) is 0 Å². The van der Waals surface area contributed by atoms with Crippen LogP contribution in [0.2, 0.25) is 0 Å². The van der Waals surface area contributed by atoms with Gasteiger partial charge in [0.2, 0.25) is 0 Å². The van der Waals surface area contributed by atoms with Crippen molar-refractivity contribution in [1.82, 2.24) is 4.57 Å². The maximum Gasteiger partial charge on any atom is 0.143 e. The maximum absolute atomic E-state index is 6.98. The first-order chi connectivity index (χ1) is 28.8. The number of benzene rings is 8. The number of para-hydroxylation sites is 5. The van der Waals surface area contributed by atoms with Crippen LogP contribution in [0.5, 0.6) is 0 Å². The summed E-state index contributed by atoms with van der Waals surface area (Å²) in [5, 5.41) is 6.81. The summed E-state index contributed by atoms with van der Waals surface area (Å²) in [5.74, 6) is 0.171. The van der Waals surface area contributed by atoms with Crippen LogP contribution >= 0.6 is 0 Å². The fourth-order valence-corrected chi connectivity index (χ4v) is 9.99. The molecule has 4 heterocycles. The van der Waals surface area contributed by atoms with Crippen molar-refractivity contribution in [3.05, 3.63) is 205 Å². The Morgan fingerprint density at radius 2 is 1.14 bits per heavy atom. The minimum atomic E-state index is 0.166. The lowest BCUT2D eigenvalue weighted by Crippen LogP contribution is -2.28. The Morgan fingerprint density at radius 3 is 2.00 bits per heavy atom. The number of fused-ring (bicyclic) bond motifs is 13. The molecule has 0 saturated carbocycles. The zero-order valence-corrected chi connectivity index (χ0v) is 31.3. The minimum Gasteiger partial charge on any atom is -0.456 e. The molecule has 0 N–H and O–H groups in total. The number of hydrogen-bond acceptors (Lipinski definition) is 3. The van der Waals surface area contributed by atoms with Gasteiger partial charge in [0, 0.05) is 60.9 Å². The van der Waals surface area contributed by atoms with E-state index in [2.05, 4.69) is 191 Å². The van der Waals surface area contributed by atoms with Gasteiger partial charge >= 0.3 is 0 Å². The summed E-state index contributed by atoms with van der Waals surface area (Å²) in [7, 11) is 0. The van der Waals surface area contributed by atoms with E-state index in [0.29, 0.717) is 0 Å². The summed E-state index contributed by atoms with van der Waals surface area (Å²) < 4.78 is 15.8. The van der Waals surface area contributed by atoms with E-state index in [-0.39, 0.29) is 12.0 Å². The highest BCUT2D eigenvalue weighted by Crippen LogP contribution is 2.51. The van der Waals surface area contributed by atoms with Crippen LogP contribution in [0.3, 0.4) is 0 Å². The van der Waals surface area contributed by atoms with Crippen molar-refractivity contribution in [3.8, 4) is 16.8 Å². The SMILES string of the molecule is C1=CC2C(C=C1c1cc(-c3ccc4c(c3)c3ccccc3n4-c3ccccc3)cc3c1oc1ccc4oc5ccccc5c4c13)c1ccccc1N2c1ccccc1. The van der Waals surface area contributed by atoms with E-state index in [0.717, 1.165) is 71.8 Å². The van der Waals surface area contributed by atoms with Gasteiger partial charge in [0.15, 0.2) is 0 Å². The first-order valence-corrected chi connectivity index (χ1v) is 20.0. The molecule has 0 bridgehead atoms. The van der Waals surface area contributed by atoms with Gasteiger partial charge in [-0.1, -0.05) is 115 Å². The highest BCUT2D eigenvalue weighted by Gasteiger charge is 2.38. The van der Waals surface area contributed by atoms with Crippen LogP contribution in [0.1, 0.15) is 17.0 Å². The third-order valence-corrected chi connectivity index (χ3v) is 12.5. The lowest BCUT2D eigenvalue weighted by molar-refractivity contribution is 0.662. The van der Waals surface area contributed by atoms with Gasteiger partial charge in [-0.05, 0) is 101 Å². The van der Waals surface area contributed by atoms with Gasteiger partial charge in [0.25, 0.3) is 0 Å². The molecule has 4 heteroatoms. The standard InChI is InChI=1S/C54H34N2O2/c1-3-13-36(14-4-1)55-45-20-10-7-17-38(45)42-29-33(23-25-47(42)55)35-31-41(54-44(32-35)53-51(58-54)28-27-50-52(53)40-19-9-12-22-49(40)57-50)34-24-26-48-43(30-34)39-18-8-11-21-46(39)56(48)37-15-5-2-6-16-37/h1-32,43,48H. The van der Waals surface area contributed by atoms with Crippen molar-refractivity contribution in [2.75, 3.05) is 4.90 Å². The lowest BCUT2D eigenvalue weighted by Gasteiger charge is -2.29. The van der Waals surface area contributed by atoms with E-state index in [9.17, 15) is 0 Å². The predicted octanol–water partition coefficient (Wildman–Crippen LogP) is 14.5. The summed E-state index contributed by atoms with van der Waals surface area (Å²) in [5.41, 5.74) is 15.3. The van der Waals surface area contributed by atoms with Crippen LogP contribution in [0.25, 0.3) is 88.1 Å². The van der Waals surface area contributed by atoms with Crippen LogP contribution in [-0.2, 0) is 0 Å². The van der Waals surface area contributed by atoms with E-state index in [1.165, 1.54) is 38.7 Å². The molecular formula is C54H34N2O2. The van der Waals surface area contributed by atoms with Crippen LogP contribution < -0.4 is 4.90 Å². The fourth-order valence-electron chi connectivity index (χ4n) is 9.99. The number of aromatic nitrogens is 1. The largest absolute Gasteiger partial charge is 0.456 e. The molecule has 2 unspecified atom stereocenters. The second-order valence-corrected chi connectivity index (χ2v) is 15.6. The van der Waals surface area contributed by atoms with Crippen LogP contribution in [0.4, 0.5) is 11.4 Å². The molecule has 58 heavy (non-hydrogen) atoms. The molecular weight excluding hydrogens is 709 g/mol. The van der Waals surface area contributed by atoms with Gasteiger partial charge < -0.3 is 18.3 Å². The third-order valence-electron chi connectivity index (χ3n) is 12.5. The van der Waals surface area contributed by atoms with Crippen molar-refractivity contribution in [1.29, 1.82) is 0 Å². The molecule has 0 amide bonds. The monoisotopic (exact) mass is 742 g/mol. The zero-order valence-electron chi connectivity index (χ0n) is 31.3. The molecule has 1 aliphatic heterocycles. The first kappa shape index (κ1) is 31.6. The molecule has 3 aromatic heterocycles. The van der Waals surface area contributed by atoms with Crippen molar-refractivity contribution in [2.45, 2.75) is 12.0 Å². The van der Waals surface area contributed by atoms with E-state index in [1.807, 2.05) is 12.1 Å². The molecule has 13 rings (SSSR count). The van der Waals surface area contributed by atoms with Gasteiger partial charge in [-0.25, -0.2) is 0 Å². The Balaban J connectivity index is 1.07. The maximum atomic E-state index is 6.98. The van der Waals surface area contributed by atoms with Crippen molar-refractivity contribution >= 4 is 82.6 Å². The minimum absolute atomic E-state index is 0.166. The van der Waals surface area contributed by atoms with Gasteiger partial charge in [-0.2, -0.15) is 0 Å². The third kappa shape index (κ3) is 4.45. The average molecular weight is 743 g/mol. The predicted molar refractivity (Wildman–Crippen MR) is 239 cm³/mol. The highest BCUT2D eigenvalue weighted by atomic mass is 16.3. The van der Waals surface area contributed by atoms with Gasteiger partial charge in [-0.15, -0.1) is 0 Å². The number of furan rings is 2. The smallest absolute Gasteiger partial charge is 0.143 e. The number of anilines is 2. The summed E-state index contributed by atoms with van der Waals surface area (Å²) in [6, 6.07) is 63.2. The number of allylic oxidation sites excluding steroid dienone is 2. The second kappa shape index (κ2) is 12.0. The van der Waals surface area contributed by atoms with Crippen LogP contribution in [0.15, 0.2) is 203 Å². The molecule has 0 radical (unpaired) electrons. The second-order valence-electron chi connectivity index (χ2n) is 15.6. The van der Waals surface area contributed by atoms with Gasteiger partial charge in [0.05, 0.1) is 17.1 Å². The van der Waals surface area contributed by atoms with Gasteiger partial charge in [-0.3, -0.25) is 0 Å². The molecule has 4 nitrogen and oxygen atoms in total. The summed E-state index contributed by atoms with van der Waals surface area (Å²) in [6.45, 7) is 0. The molecule has 8 aromatic carbocycles. The molecule has 0 fully saturated rings.